The topological polar surface area (TPSA) is 9.86 Å². The molecule has 0 N–H and O–H groups in total. The van der Waals surface area contributed by atoms with Crippen molar-refractivity contribution in [2.24, 2.45) is 0 Å². The summed E-state index contributed by atoms with van der Waals surface area (Å²) in [6.07, 6.45) is 0. The highest BCUT2D eigenvalue weighted by Gasteiger charge is 2.20. The second-order valence-electron chi connectivity index (χ2n) is 13.7. The van der Waals surface area contributed by atoms with Crippen LogP contribution in [-0.4, -0.2) is 9.13 Å². The fourth-order valence-corrected chi connectivity index (χ4v) is 10.9. The molecule has 0 bridgehead atoms. The maximum Gasteiger partial charge on any atom is 0.0634 e. The zero-order chi connectivity index (χ0) is 33.9. The molecular weight excluding hydrogens is 669 g/mol. The first-order valence-electron chi connectivity index (χ1n) is 17.7. The fraction of sp³-hybridized carbons (Fsp3) is 0. The Morgan fingerprint density at radius 2 is 0.808 bits per heavy atom. The number of para-hydroxylation sites is 2. The highest BCUT2D eigenvalue weighted by atomic mass is 32.1. The first-order chi connectivity index (χ1) is 25.8. The van der Waals surface area contributed by atoms with Crippen molar-refractivity contribution in [2.45, 2.75) is 0 Å². The lowest BCUT2D eigenvalue weighted by Crippen LogP contribution is -1.96. The largest absolute Gasteiger partial charge is 0.309 e. The molecule has 2 nitrogen and oxygen atoms in total. The van der Waals surface area contributed by atoms with Crippen molar-refractivity contribution >= 4 is 107 Å². The van der Waals surface area contributed by atoms with Crippen LogP contribution in [0.2, 0.25) is 0 Å². The molecule has 242 valence electrons. The number of rotatable bonds is 3. The van der Waals surface area contributed by atoms with Crippen LogP contribution in [0.4, 0.5) is 0 Å². The molecule has 0 saturated carbocycles. The van der Waals surface area contributed by atoms with Gasteiger partial charge in [-0.1, -0.05) is 109 Å². The minimum absolute atomic E-state index is 1.17. The normalized spacial score (nSPS) is 12.2. The molecule has 0 radical (unpaired) electrons. The Balaban J connectivity index is 1.05. The van der Waals surface area contributed by atoms with Crippen LogP contribution in [0.15, 0.2) is 170 Å². The molecule has 4 heteroatoms. The van der Waals surface area contributed by atoms with E-state index >= 15 is 0 Å². The molecule has 0 aliphatic carbocycles. The van der Waals surface area contributed by atoms with Crippen molar-refractivity contribution in [1.29, 1.82) is 0 Å². The summed E-state index contributed by atoms with van der Waals surface area (Å²) >= 11 is 3.76. The number of fused-ring (bicyclic) bond motifs is 14. The zero-order valence-electron chi connectivity index (χ0n) is 27.9. The van der Waals surface area contributed by atoms with Crippen LogP contribution < -0.4 is 0 Å². The molecule has 0 amide bonds. The molecule has 4 heterocycles. The number of thiophene rings is 2. The molecule has 4 aromatic heterocycles. The highest BCUT2D eigenvalue weighted by molar-refractivity contribution is 7.26. The van der Waals surface area contributed by atoms with Crippen molar-refractivity contribution in [1.82, 2.24) is 9.13 Å². The Morgan fingerprint density at radius 1 is 0.308 bits per heavy atom. The maximum absolute atomic E-state index is 2.48. The Hall–Kier alpha value is -6.20. The van der Waals surface area contributed by atoms with Gasteiger partial charge in [0.1, 0.15) is 0 Å². The van der Waals surface area contributed by atoms with Crippen LogP contribution in [0, 0.1) is 0 Å². The van der Waals surface area contributed by atoms with Gasteiger partial charge in [0.2, 0.25) is 0 Å². The average molecular weight is 697 g/mol. The molecule has 0 fully saturated rings. The Labute approximate surface area is 306 Å². The Morgan fingerprint density at radius 3 is 1.38 bits per heavy atom. The van der Waals surface area contributed by atoms with Gasteiger partial charge in [0.15, 0.2) is 0 Å². The van der Waals surface area contributed by atoms with Crippen LogP contribution in [0.5, 0.6) is 0 Å². The van der Waals surface area contributed by atoms with Crippen molar-refractivity contribution in [3.63, 3.8) is 0 Å². The number of benzene rings is 8. The molecule has 0 unspecified atom stereocenters. The summed E-state index contributed by atoms with van der Waals surface area (Å²) in [6, 6.07) is 62.8. The first-order valence-corrected chi connectivity index (χ1v) is 19.3. The summed E-state index contributed by atoms with van der Waals surface area (Å²) in [4.78, 5) is 0. The van der Waals surface area contributed by atoms with E-state index in [-0.39, 0.29) is 0 Å². The summed E-state index contributed by atoms with van der Waals surface area (Å²) in [5.74, 6) is 0. The number of hydrogen-bond acceptors (Lipinski definition) is 2. The van der Waals surface area contributed by atoms with Crippen molar-refractivity contribution in [2.75, 3.05) is 0 Å². The van der Waals surface area contributed by atoms with Gasteiger partial charge in [-0.2, -0.15) is 0 Å². The maximum atomic E-state index is 2.48. The third-order valence-corrected chi connectivity index (χ3v) is 13.2. The molecule has 0 aliphatic heterocycles. The van der Waals surface area contributed by atoms with Gasteiger partial charge in [-0.15, -0.1) is 22.7 Å². The monoisotopic (exact) mass is 696 g/mol. The van der Waals surface area contributed by atoms with Crippen LogP contribution in [0.1, 0.15) is 0 Å². The van der Waals surface area contributed by atoms with Crippen LogP contribution in [-0.2, 0) is 0 Å². The van der Waals surface area contributed by atoms with E-state index in [4.69, 9.17) is 0 Å². The van der Waals surface area contributed by atoms with Gasteiger partial charge in [-0.05, 0) is 71.8 Å². The van der Waals surface area contributed by atoms with E-state index in [1.165, 1.54) is 106 Å². The van der Waals surface area contributed by atoms with Crippen molar-refractivity contribution in [3.8, 4) is 22.5 Å². The van der Waals surface area contributed by atoms with E-state index < -0.39 is 0 Å². The number of nitrogens with zero attached hydrogens (tertiary/aromatic N) is 2. The first kappa shape index (κ1) is 28.5. The van der Waals surface area contributed by atoms with Crippen LogP contribution >= 0.6 is 22.7 Å². The van der Waals surface area contributed by atoms with Crippen molar-refractivity contribution in [3.05, 3.63) is 170 Å². The number of aromatic nitrogens is 2. The second-order valence-corrected chi connectivity index (χ2v) is 15.8. The molecule has 0 aliphatic rings. The molecule has 0 saturated heterocycles. The lowest BCUT2D eigenvalue weighted by molar-refractivity contribution is 1.18. The van der Waals surface area contributed by atoms with E-state index in [1.54, 1.807) is 0 Å². The summed E-state index contributed by atoms with van der Waals surface area (Å²) in [7, 11) is 0. The van der Waals surface area contributed by atoms with Crippen molar-refractivity contribution < 1.29 is 0 Å². The van der Waals surface area contributed by atoms with Gasteiger partial charge < -0.3 is 9.13 Å². The summed E-state index contributed by atoms with van der Waals surface area (Å²) in [5, 5.41) is 10.5. The molecule has 52 heavy (non-hydrogen) atoms. The van der Waals surface area contributed by atoms with Gasteiger partial charge in [-0.3, -0.25) is 0 Å². The van der Waals surface area contributed by atoms with Gasteiger partial charge in [-0.25, -0.2) is 0 Å². The standard InChI is InChI=1S/C48H28N2S2/c1-5-16-39-33(12-1)35-24-26-43-45(37-14-3-7-18-41(37)51-43)47(35)49(39)31-22-20-29(21-23-31)30-10-9-11-32(28-30)50-40-17-6-2-13-34(40)36-25-27-44-46(48(36)50)38-15-4-8-19-42(38)52-44/h1-28H. The number of hydrogen-bond donors (Lipinski definition) is 0. The van der Waals surface area contributed by atoms with Gasteiger partial charge in [0.05, 0.1) is 22.1 Å². The van der Waals surface area contributed by atoms with Gasteiger partial charge >= 0.3 is 0 Å². The molecule has 12 rings (SSSR count). The predicted molar refractivity (Wildman–Crippen MR) is 226 cm³/mol. The smallest absolute Gasteiger partial charge is 0.0634 e. The fourth-order valence-electron chi connectivity index (χ4n) is 8.69. The third-order valence-electron chi connectivity index (χ3n) is 10.9. The predicted octanol–water partition coefficient (Wildman–Crippen LogP) is 14.3. The van der Waals surface area contributed by atoms with E-state index in [1.807, 2.05) is 22.7 Å². The lowest BCUT2D eigenvalue weighted by Gasteiger charge is -2.13. The van der Waals surface area contributed by atoms with E-state index in [0.717, 1.165) is 0 Å². The molecular formula is C48H28N2S2. The zero-order valence-corrected chi connectivity index (χ0v) is 29.5. The second kappa shape index (κ2) is 10.7. The highest BCUT2D eigenvalue weighted by Crippen LogP contribution is 2.45. The lowest BCUT2D eigenvalue weighted by atomic mass is 10.0. The summed E-state index contributed by atoms with van der Waals surface area (Å²) in [6.45, 7) is 0. The molecule has 0 spiro atoms. The summed E-state index contributed by atoms with van der Waals surface area (Å²) < 4.78 is 10.3. The van der Waals surface area contributed by atoms with Gasteiger partial charge in [0.25, 0.3) is 0 Å². The van der Waals surface area contributed by atoms with E-state index in [2.05, 4.69) is 179 Å². The minimum atomic E-state index is 1.17. The Kier molecular flexibility index (Phi) is 5.84. The van der Waals surface area contributed by atoms with Gasteiger partial charge in [0, 0.05) is 73.3 Å². The van der Waals surface area contributed by atoms with Crippen LogP contribution in [0.3, 0.4) is 0 Å². The van der Waals surface area contributed by atoms with E-state index in [9.17, 15) is 0 Å². The molecule has 12 aromatic rings. The molecule has 8 aromatic carbocycles. The third kappa shape index (κ3) is 3.88. The molecule has 0 atom stereocenters. The SMILES string of the molecule is c1cc(-c2ccc(-n3c4ccccc4c4ccc5sc6ccccc6c5c43)cc2)cc(-n2c3ccccc3c3ccc4sc5ccccc5c4c32)c1. The average Bonchev–Trinajstić information content (AvgIpc) is 3.95. The Bertz CT molecular complexity index is 3410. The van der Waals surface area contributed by atoms with E-state index in [0.29, 0.717) is 0 Å². The van der Waals surface area contributed by atoms with Crippen LogP contribution in [0.25, 0.3) is 106 Å². The summed E-state index contributed by atoms with van der Waals surface area (Å²) in [5.41, 5.74) is 9.76. The minimum Gasteiger partial charge on any atom is -0.309 e. The quantitative estimate of drug-likeness (QED) is 0.174.